The molecule has 94 valence electrons. The second-order valence-corrected chi connectivity index (χ2v) is 4.00. The molecule has 4 heteroatoms. The van der Waals surface area contributed by atoms with Gasteiger partial charge in [0.1, 0.15) is 6.10 Å². The Balaban J connectivity index is 2.36. The van der Waals surface area contributed by atoms with E-state index in [2.05, 4.69) is 0 Å². The molecule has 0 aliphatic rings. The second-order valence-electron chi connectivity index (χ2n) is 4.00. The molecule has 0 bridgehead atoms. The average Bonchev–Trinajstić information content (AvgIpc) is 2.29. The molecule has 2 N–H and O–H groups in total. The molecule has 0 saturated carbocycles. The van der Waals surface area contributed by atoms with E-state index >= 15 is 0 Å². The summed E-state index contributed by atoms with van der Waals surface area (Å²) in [6.07, 6.45) is 0.873. The minimum absolute atomic E-state index is 0.115. The summed E-state index contributed by atoms with van der Waals surface area (Å²) in [5, 5.41) is 0. The van der Waals surface area contributed by atoms with Crippen molar-refractivity contribution < 1.29 is 14.3 Å². The third kappa shape index (κ3) is 5.36. The van der Waals surface area contributed by atoms with Gasteiger partial charge >= 0.3 is 5.97 Å². The first-order valence-electron chi connectivity index (χ1n) is 5.64. The van der Waals surface area contributed by atoms with Crippen LogP contribution in [0.25, 0.3) is 0 Å². The number of nitrogens with two attached hydrogens (primary N) is 1. The number of hydrogen-bond donors (Lipinski definition) is 1. The lowest BCUT2D eigenvalue weighted by molar-refractivity contribution is -0.148. The van der Waals surface area contributed by atoms with Crippen molar-refractivity contribution in [1.29, 1.82) is 0 Å². The van der Waals surface area contributed by atoms with Crippen molar-refractivity contribution in [3.05, 3.63) is 29.8 Å². The minimum Gasteiger partial charge on any atom is -0.462 e. The Hall–Kier alpha value is -1.55. The minimum atomic E-state index is -0.224. The lowest BCUT2D eigenvalue weighted by Gasteiger charge is -2.12. The Labute approximate surface area is 102 Å². The van der Waals surface area contributed by atoms with E-state index in [-0.39, 0.29) is 18.5 Å². The Morgan fingerprint density at radius 3 is 2.59 bits per heavy atom. The third-order valence-electron chi connectivity index (χ3n) is 2.39. The highest BCUT2D eigenvalue weighted by molar-refractivity contribution is 5.72. The molecule has 1 atom stereocenters. The number of carbonyl (C=O) groups excluding carboxylic acids is 1. The number of esters is 1. The topological polar surface area (TPSA) is 61.5 Å². The van der Waals surface area contributed by atoms with Gasteiger partial charge in [-0.3, -0.25) is 4.79 Å². The number of methoxy groups -OCH3 is 1. The van der Waals surface area contributed by atoms with Crippen molar-refractivity contribution in [1.82, 2.24) is 0 Å². The molecule has 0 fully saturated rings. The van der Waals surface area contributed by atoms with E-state index in [1.165, 1.54) is 0 Å². The van der Waals surface area contributed by atoms with Gasteiger partial charge in [-0.05, 0) is 24.6 Å². The van der Waals surface area contributed by atoms with Gasteiger partial charge in [-0.15, -0.1) is 0 Å². The zero-order valence-corrected chi connectivity index (χ0v) is 10.3. The predicted molar refractivity (Wildman–Crippen MR) is 66.6 cm³/mol. The highest BCUT2D eigenvalue weighted by Gasteiger charge is 2.09. The summed E-state index contributed by atoms with van der Waals surface area (Å²) in [5.74, 6) is -0.224. The van der Waals surface area contributed by atoms with E-state index in [1.807, 2.05) is 19.1 Å². The number of hydrogen-bond acceptors (Lipinski definition) is 4. The molecule has 1 aromatic rings. The fraction of sp³-hybridized carbons (Fsp3) is 0.462. The predicted octanol–water partition coefficient (Wildman–Crippen LogP) is 1.78. The molecule has 1 unspecified atom stereocenters. The van der Waals surface area contributed by atoms with Gasteiger partial charge in [0.15, 0.2) is 0 Å². The molecule has 0 saturated heterocycles. The largest absolute Gasteiger partial charge is 0.462 e. The van der Waals surface area contributed by atoms with E-state index in [9.17, 15) is 4.79 Å². The molecular formula is C13H19NO3. The summed E-state index contributed by atoms with van der Waals surface area (Å²) < 4.78 is 10.2. The monoisotopic (exact) mass is 237 g/mol. The summed E-state index contributed by atoms with van der Waals surface area (Å²) in [6, 6.07) is 7.21. The number of rotatable bonds is 6. The molecule has 0 aliphatic carbocycles. The first kappa shape index (κ1) is 13.5. The zero-order chi connectivity index (χ0) is 12.7. The average molecular weight is 237 g/mol. The van der Waals surface area contributed by atoms with Crippen LogP contribution in [-0.4, -0.2) is 25.8 Å². The maximum atomic E-state index is 11.6. The van der Waals surface area contributed by atoms with Crippen LogP contribution in [0.4, 0.5) is 5.69 Å². The van der Waals surface area contributed by atoms with Crippen molar-refractivity contribution in [3.8, 4) is 0 Å². The van der Waals surface area contributed by atoms with Crippen LogP contribution in [0.5, 0.6) is 0 Å². The molecule has 0 aromatic heterocycles. The number of ether oxygens (including phenoxy) is 2. The number of benzene rings is 1. The second kappa shape index (κ2) is 6.91. The van der Waals surface area contributed by atoms with Gasteiger partial charge in [0.25, 0.3) is 0 Å². The Kier molecular flexibility index (Phi) is 5.49. The molecule has 17 heavy (non-hydrogen) atoms. The van der Waals surface area contributed by atoms with Crippen molar-refractivity contribution >= 4 is 11.7 Å². The fourth-order valence-corrected chi connectivity index (χ4v) is 1.41. The Bertz CT molecular complexity index is 348. The Morgan fingerprint density at radius 1 is 1.35 bits per heavy atom. The molecule has 0 heterocycles. The molecule has 0 amide bonds. The van der Waals surface area contributed by atoms with Crippen LogP contribution in [-0.2, 0) is 20.7 Å². The van der Waals surface area contributed by atoms with Crippen LogP contribution in [0.15, 0.2) is 24.3 Å². The molecule has 4 nitrogen and oxygen atoms in total. The van der Waals surface area contributed by atoms with Crippen LogP contribution in [0.3, 0.4) is 0 Å². The summed E-state index contributed by atoms with van der Waals surface area (Å²) in [6.45, 7) is 2.45. The first-order valence-corrected chi connectivity index (χ1v) is 5.64. The van der Waals surface area contributed by atoms with E-state index in [0.29, 0.717) is 18.7 Å². The standard InChI is InChI=1S/C13H19NO3/c1-10(7-8-16-2)17-13(15)9-11-3-5-12(14)6-4-11/h3-6,10H,7-9,14H2,1-2H3. The maximum absolute atomic E-state index is 11.6. The molecule has 1 rings (SSSR count). The summed E-state index contributed by atoms with van der Waals surface area (Å²) >= 11 is 0. The van der Waals surface area contributed by atoms with Gasteiger partial charge in [-0.1, -0.05) is 12.1 Å². The van der Waals surface area contributed by atoms with Gasteiger partial charge in [-0.25, -0.2) is 0 Å². The first-order chi connectivity index (χ1) is 8.11. The normalized spacial score (nSPS) is 12.1. The van der Waals surface area contributed by atoms with Gasteiger partial charge in [0, 0.05) is 25.8 Å². The number of nitrogen functional groups attached to an aromatic ring is 1. The summed E-state index contributed by atoms with van der Waals surface area (Å²) in [5.41, 5.74) is 7.16. The maximum Gasteiger partial charge on any atom is 0.310 e. The Morgan fingerprint density at radius 2 is 2.00 bits per heavy atom. The van der Waals surface area contributed by atoms with E-state index < -0.39 is 0 Å². The smallest absolute Gasteiger partial charge is 0.310 e. The zero-order valence-electron chi connectivity index (χ0n) is 10.3. The van der Waals surface area contributed by atoms with Crippen LogP contribution in [0, 0.1) is 0 Å². The quantitative estimate of drug-likeness (QED) is 0.605. The molecular weight excluding hydrogens is 218 g/mol. The SMILES string of the molecule is COCCC(C)OC(=O)Cc1ccc(N)cc1. The van der Waals surface area contributed by atoms with Gasteiger partial charge < -0.3 is 15.2 Å². The highest BCUT2D eigenvalue weighted by atomic mass is 16.5. The molecule has 1 aromatic carbocycles. The van der Waals surface area contributed by atoms with Gasteiger partial charge in [0.05, 0.1) is 6.42 Å². The molecule has 0 radical (unpaired) electrons. The van der Waals surface area contributed by atoms with Crippen molar-refractivity contribution in [2.75, 3.05) is 19.5 Å². The lowest BCUT2D eigenvalue weighted by atomic mass is 10.1. The highest BCUT2D eigenvalue weighted by Crippen LogP contribution is 2.08. The van der Waals surface area contributed by atoms with Gasteiger partial charge in [0.2, 0.25) is 0 Å². The summed E-state index contributed by atoms with van der Waals surface area (Å²) in [7, 11) is 1.63. The number of carbonyl (C=O) groups is 1. The van der Waals surface area contributed by atoms with E-state index in [1.54, 1.807) is 19.2 Å². The van der Waals surface area contributed by atoms with Crippen LogP contribution >= 0.6 is 0 Å². The van der Waals surface area contributed by atoms with Crippen LogP contribution in [0.1, 0.15) is 18.9 Å². The van der Waals surface area contributed by atoms with Crippen molar-refractivity contribution in [3.63, 3.8) is 0 Å². The summed E-state index contributed by atoms with van der Waals surface area (Å²) in [4.78, 5) is 11.6. The molecule has 0 aliphatic heterocycles. The van der Waals surface area contributed by atoms with Crippen LogP contribution in [0.2, 0.25) is 0 Å². The van der Waals surface area contributed by atoms with E-state index in [0.717, 1.165) is 5.56 Å². The lowest BCUT2D eigenvalue weighted by Crippen LogP contribution is -2.18. The van der Waals surface area contributed by atoms with E-state index in [4.69, 9.17) is 15.2 Å². The third-order valence-corrected chi connectivity index (χ3v) is 2.39. The van der Waals surface area contributed by atoms with Crippen molar-refractivity contribution in [2.45, 2.75) is 25.9 Å². The van der Waals surface area contributed by atoms with Crippen LogP contribution < -0.4 is 5.73 Å². The van der Waals surface area contributed by atoms with Crippen molar-refractivity contribution in [2.24, 2.45) is 0 Å². The van der Waals surface area contributed by atoms with Gasteiger partial charge in [-0.2, -0.15) is 0 Å². The molecule has 0 spiro atoms. The fourth-order valence-electron chi connectivity index (χ4n) is 1.41. The number of anilines is 1.